The van der Waals surface area contributed by atoms with Gasteiger partial charge in [-0.05, 0) is 32.6 Å². The fourth-order valence-corrected chi connectivity index (χ4v) is 3.57. The van der Waals surface area contributed by atoms with Crippen molar-refractivity contribution in [3.63, 3.8) is 0 Å². The Hall–Kier alpha value is -1.43. The fraction of sp³-hybridized carbons (Fsp3) is 0.643. The van der Waals surface area contributed by atoms with Gasteiger partial charge in [-0.3, -0.25) is 9.59 Å². The average Bonchev–Trinajstić information content (AvgIpc) is 2.78. The first-order chi connectivity index (χ1) is 9.51. The lowest BCUT2D eigenvalue weighted by Gasteiger charge is -2.25. The van der Waals surface area contributed by atoms with Gasteiger partial charge in [-0.2, -0.15) is 0 Å². The molecular weight excluding hydrogens is 276 g/mol. The first-order valence-corrected chi connectivity index (χ1v) is 7.82. The highest BCUT2D eigenvalue weighted by Crippen LogP contribution is 2.31. The van der Waals surface area contributed by atoms with Crippen LogP contribution in [0.3, 0.4) is 0 Å². The molecule has 1 aromatic rings. The summed E-state index contributed by atoms with van der Waals surface area (Å²) in [5, 5.41) is 12.5. The van der Waals surface area contributed by atoms with Gasteiger partial charge in [-0.25, -0.2) is 4.98 Å². The number of nitrogens with zero attached hydrogens (tertiary/aromatic N) is 1. The number of carbonyl (C=O) groups excluding carboxylic acids is 1. The van der Waals surface area contributed by atoms with Gasteiger partial charge in [0.25, 0.3) is 0 Å². The van der Waals surface area contributed by atoms with Crippen LogP contribution in [0.15, 0.2) is 0 Å². The summed E-state index contributed by atoms with van der Waals surface area (Å²) in [5.41, 5.74) is 1.01. The zero-order chi connectivity index (χ0) is 14.7. The van der Waals surface area contributed by atoms with Gasteiger partial charge in [0, 0.05) is 10.8 Å². The van der Waals surface area contributed by atoms with Gasteiger partial charge in [0.1, 0.15) is 0 Å². The lowest BCUT2D eigenvalue weighted by atomic mass is 9.81. The molecule has 2 N–H and O–H groups in total. The van der Waals surface area contributed by atoms with E-state index in [0.717, 1.165) is 29.8 Å². The highest BCUT2D eigenvalue weighted by atomic mass is 32.1. The molecule has 5 nitrogen and oxygen atoms in total. The van der Waals surface area contributed by atoms with Crippen molar-refractivity contribution in [1.29, 1.82) is 0 Å². The number of carboxylic acid groups (broad SMARTS) is 1. The van der Waals surface area contributed by atoms with Crippen molar-refractivity contribution in [2.45, 2.75) is 46.0 Å². The van der Waals surface area contributed by atoms with Crippen molar-refractivity contribution in [2.24, 2.45) is 11.8 Å². The number of aliphatic carboxylic acids is 1. The smallest absolute Gasteiger partial charge is 0.306 e. The molecule has 110 valence electrons. The maximum absolute atomic E-state index is 12.2. The average molecular weight is 296 g/mol. The van der Waals surface area contributed by atoms with Crippen LogP contribution in [0.4, 0.5) is 5.13 Å². The number of aryl methyl sites for hydroxylation is 2. The molecule has 0 bridgehead atoms. The number of carboxylic acids is 1. The Morgan fingerprint density at radius 3 is 2.70 bits per heavy atom. The topological polar surface area (TPSA) is 79.3 Å². The number of nitrogens with one attached hydrogen (secondary N) is 1. The molecule has 2 rings (SSSR count). The second-order valence-corrected chi connectivity index (χ2v) is 6.47. The second kappa shape index (κ2) is 6.35. The summed E-state index contributed by atoms with van der Waals surface area (Å²) >= 11 is 1.48. The summed E-state index contributed by atoms with van der Waals surface area (Å²) < 4.78 is 0. The maximum Gasteiger partial charge on any atom is 0.306 e. The number of carbonyl (C=O) groups is 2. The normalized spacial score (nSPS) is 22.5. The van der Waals surface area contributed by atoms with Crippen molar-refractivity contribution in [1.82, 2.24) is 4.98 Å². The molecule has 0 aromatic carbocycles. The summed E-state index contributed by atoms with van der Waals surface area (Å²) in [6, 6.07) is 0. The van der Waals surface area contributed by atoms with Crippen molar-refractivity contribution < 1.29 is 14.7 Å². The molecule has 1 fully saturated rings. The van der Waals surface area contributed by atoms with E-state index in [-0.39, 0.29) is 17.7 Å². The lowest BCUT2D eigenvalue weighted by Crippen LogP contribution is -2.30. The summed E-state index contributed by atoms with van der Waals surface area (Å²) in [5.74, 6) is -1.48. The third-order valence-corrected chi connectivity index (χ3v) is 4.78. The third-order valence-electron chi connectivity index (χ3n) is 3.85. The van der Waals surface area contributed by atoms with Crippen molar-refractivity contribution in [2.75, 3.05) is 5.32 Å². The standard InChI is InChI=1S/C14H20N2O3S/c1-3-11-8(2)20-14(15-11)16-12(17)9-5-4-6-10(7-9)13(18)19/h9-10H,3-7H2,1-2H3,(H,18,19)(H,15,16,17). The molecule has 2 unspecified atom stereocenters. The Bertz CT molecular complexity index is 513. The Labute approximate surface area is 122 Å². The van der Waals surface area contributed by atoms with Crippen LogP contribution in [0.5, 0.6) is 0 Å². The van der Waals surface area contributed by atoms with Gasteiger partial charge in [0.2, 0.25) is 5.91 Å². The molecule has 1 heterocycles. The van der Waals surface area contributed by atoms with E-state index in [1.165, 1.54) is 11.3 Å². The molecule has 20 heavy (non-hydrogen) atoms. The van der Waals surface area contributed by atoms with Crippen LogP contribution in [0, 0.1) is 18.8 Å². The number of hydrogen-bond acceptors (Lipinski definition) is 4. The van der Waals surface area contributed by atoms with E-state index >= 15 is 0 Å². The second-order valence-electron chi connectivity index (χ2n) is 5.26. The number of hydrogen-bond donors (Lipinski definition) is 2. The molecule has 0 saturated heterocycles. The molecule has 1 aromatic heterocycles. The van der Waals surface area contributed by atoms with E-state index < -0.39 is 5.97 Å². The number of anilines is 1. The van der Waals surface area contributed by atoms with Gasteiger partial charge < -0.3 is 10.4 Å². The lowest BCUT2D eigenvalue weighted by molar-refractivity contribution is -0.143. The summed E-state index contributed by atoms with van der Waals surface area (Å²) in [6.45, 7) is 4.03. The van der Waals surface area contributed by atoms with E-state index in [4.69, 9.17) is 5.11 Å². The monoisotopic (exact) mass is 296 g/mol. The number of amides is 1. The van der Waals surface area contributed by atoms with Crippen molar-refractivity contribution >= 4 is 28.3 Å². The van der Waals surface area contributed by atoms with Crippen LogP contribution in [0.1, 0.15) is 43.2 Å². The van der Waals surface area contributed by atoms with Gasteiger partial charge in [-0.15, -0.1) is 11.3 Å². The van der Waals surface area contributed by atoms with Gasteiger partial charge in [-0.1, -0.05) is 13.3 Å². The summed E-state index contributed by atoms with van der Waals surface area (Å²) in [6.07, 6.45) is 3.52. The number of aromatic nitrogens is 1. The van der Waals surface area contributed by atoms with Crippen LogP contribution in [-0.4, -0.2) is 22.0 Å². The van der Waals surface area contributed by atoms with Crippen molar-refractivity contribution in [3.8, 4) is 0 Å². The molecule has 2 atom stereocenters. The highest BCUT2D eigenvalue weighted by molar-refractivity contribution is 7.15. The Balaban J connectivity index is 1.98. The first kappa shape index (κ1) is 15.0. The van der Waals surface area contributed by atoms with Gasteiger partial charge in [0.15, 0.2) is 5.13 Å². The summed E-state index contributed by atoms with van der Waals surface area (Å²) in [7, 11) is 0. The number of rotatable bonds is 4. The zero-order valence-electron chi connectivity index (χ0n) is 11.8. The molecular formula is C14H20N2O3S. The van der Waals surface area contributed by atoms with Gasteiger partial charge >= 0.3 is 5.97 Å². The van der Waals surface area contributed by atoms with E-state index in [9.17, 15) is 9.59 Å². The predicted octanol–water partition coefficient (Wildman–Crippen LogP) is 2.84. The molecule has 1 saturated carbocycles. The minimum atomic E-state index is -0.791. The van der Waals surface area contributed by atoms with E-state index in [1.54, 1.807) is 0 Å². The Morgan fingerprint density at radius 2 is 2.10 bits per heavy atom. The number of thiazole rings is 1. The van der Waals surface area contributed by atoms with Crippen LogP contribution >= 0.6 is 11.3 Å². The quantitative estimate of drug-likeness (QED) is 0.895. The molecule has 1 aliphatic rings. The van der Waals surface area contributed by atoms with Crippen LogP contribution in [0.2, 0.25) is 0 Å². The third kappa shape index (κ3) is 3.36. The predicted molar refractivity (Wildman–Crippen MR) is 77.9 cm³/mol. The molecule has 0 spiro atoms. The largest absolute Gasteiger partial charge is 0.481 e. The minimum absolute atomic E-state index is 0.0904. The maximum atomic E-state index is 12.2. The molecule has 0 radical (unpaired) electrons. The highest BCUT2D eigenvalue weighted by Gasteiger charge is 2.31. The van der Waals surface area contributed by atoms with Crippen molar-refractivity contribution in [3.05, 3.63) is 10.6 Å². The first-order valence-electron chi connectivity index (χ1n) is 7.01. The van der Waals surface area contributed by atoms with Crippen LogP contribution in [-0.2, 0) is 16.0 Å². The van der Waals surface area contributed by atoms with Crippen LogP contribution in [0.25, 0.3) is 0 Å². The van der Waals surface area contributed by atoms with E-state index in [1.807, 2.05) is 13.8 Å². The molecule has 1 aliphatic carbocycles. The van der Waals surface area contributed by atoms with Crippen LogP contribution < -0.4 is 5.32 Å². The van der Waals surface area contributed by atoms with Gasteiger partial charge in [0.05, 0.1) is 11.6 Å². The van der Waals surface area contributed by atoms with E-state index in [2.05, 4.69) is 10.3 Å². The Morgan fingerprint density at radius 1 is 1.40 bits per heavy atom. The molecule has 0 aliphatic heterocycles. The molecule has 6 heteroatoms. The summed E-state index contributed by atoms with van der Waals surface area (Å²) in [4.78, 5) is 28.7. The molecule has 1 amide bonds. The minimum Gasteiger partial charge on any atom is -0.481 e. The van der Waals surface area contributed by atoms with E-state index in [0.29, 0.717) is 18.0 Å². The fourth-order valence-electron chi connectivity index (χ4n) is 2.67. The SMILES string of the molecule is CCc1nc(NC(=O)C2CCCC(C(=O)O)C2)sc1C. The zero-order valence-corrected chi connectivity index (χ0v) is 12.6. The Kier molecular flexibility index (Phi) is 4.75.